The predicted molar refractivity (Wildman–Crippen MR) is 102 cm³/mol. The van der Waals surface area contributed by atoms with E-state index < -0.39 is 0 Å². The second kappa shape index (κ2) is 6.11. The first-order chi connectivity index (χ1) is 12.7. The Morgan fingerprint density at radius 3 is 2.42 bits per heavy atom. The fourth-order valence-corrected chi connectivity index (χ4v) is 4.37. The van der Waals surface area contributed by atoms with E-state index in [0.717, 1.165) is 16.5 Å². The van der Waals surface area contributed by atoms with Gasteiger partial charge in [0.1, 0.15) is 0 Å². The molecule has 1 saturated heterocycles. The summed E-state index contributed by atoms with van der Waals surface area (Å²) in [7, 11) is 0. The van der Waals surface area contributed by atoms with Crippen LogP contribution in [-0.4, -0.2) is 24.4 Å². The highest BCUT2D eigenvalue weighted by molar-refractivity contribution is 6.07. The number of rotatable bonds is 5. The van der Waals surface area contributed by atoms with E-state index in [4.69, 9.17) is 0 Å². The summed E-state index contributed by atoms with van der Waals surface area (Å²) in [5.41, 5.74) is 0.921. The fraction of sp³-hybridized carbons (Fsp3) is 0.455. The van der Waals surface area contributed by atoms with Gasteiger partial charge in [-0.1, -0.05) is 36.4 Å². The molecule has 2 amide bonds. The Morgan fingerprint density at radius 1 is 1.00 bits per heavy atom. The Hall–Kier alpha value is -2.36. The third kappa shape index (κ3) is 2.87. The summed E-state index contributed by atoms with van der Waals surface area (Å²) in [5, 5.41) is 5.48. The molecule has 0 radical (unpaired) electrons. The molecule has 2 aromatic carbocycles. The van der Waals surface area contributed by atoms with Crippen LogP contribution in [0.1, 0.15) is 32.1 Å². The van der Waals surface area contributed by atoms with Gasteiger partial charge in [-0.3, -0.25) is 9.59 Å². The van der Waals surface area contributed by atoms with Crippen molar-refractivity contribution in [3.8, 4) is 0 Å². The standard InChI is InChI=1S/C22H24N2O2/c25-20-12-17(22(26)23-21(15-8-9-15)16-10-11-16)13-24(20)19-7-3-5-14-4-1-2-6-18(14)19/h1-7,15-17,21H,8-13H2,(H,23,26)/t17-/m1/s1. The molecule has 2 aromatic rings. The minimum Gasteiger partial charge on any atom is -0.353 e. The molecule has 0 spiro atoms. The summed E-state index contributed by atoms with van der Waals surface area (Å²) in [4.78, 5) is 27.3. The molecule has 0 bridgehead atoms. The molecule has 4 nitrogen and oxygen atoms in total. The molecule has 4 heteroatoms. The van der Waals surface area contributed by atoms with Gasteiger partial charge < -0.3 is 10.2 Å². The second-order valence-corrected chi connectivity index (χ2v) is 8.11. The van der Waals surface area contributed by atoms with Crippen LogP contribution in [0.3, 0.4) is 0 Å². The van der Waals surface area contributed by atoms with E-state index in [9.17, 15) is 9.59 Å². The first-order valence-electron chi connectivity index (χ1n) is 9.79. The molecule has 1 heterocycles. The number of benzene rings is 2. The zero-order valence-electron chi connectivity index (χ0n) is 14.9. The third-order valence-electron chi connectivity index (χ3n) is 6.12. The van der Waals surface area contributed by atoms with E-state index in [0.29, 0.717) is 30.8 Å². The Bertz CT molecular complexity index is 852. The summed E-state index contributed by atoms with van der Waals surface area (Å²) >= 11 is 0. The number of carbonyl (C=O) groups excluding carboxylic acids is 2. The van der Waals surface area contributed by atoms with Crippen molar-refractivity contribution in [2.75, 3.05) is 11.4 Å². The lowest BCUT2D eigenvalue weighted by molar-refractivity contribution is -0.127. The Balaban J connectivity index is 1.34. The Kier molecular flexibility index (Phi) is 3.73. The normalized spacial score (nSPS) is 23.0. The predicted octanol–water partition coefficient (Wildman–Crippen LogP) is 3.50. The van der Waals surface area contributed by atoms with Gasteiger partial charge in [0.05, 0.1) is 11.6 Å². The van der Waals surface area contributed by atoms with Crippen LogP contribution >= 0.6 is 0 Å². The molecule has 134 valence electrons. The van der Waals surface area contributed by atoms with E-state index in [1.807, 2.05) is 30.3 Å². The summed E-state index contributed by atoms with van der Waals surface area (Å²) in [6, 6.07) is 14.5. The highest BCUT2D eigenvalue weighted by Crippen LogP contribution is 2.44. The molecule has 5 rings (SSSR count). The zero-order valence-corrected chi connectivity index (χ0v) is 14.9. The van der Waals surface area contributed by atoms with Crippen molar-refractivity contribution in [3.05, 3.63) is 42.5 Å². The quantitative estimate of drug-likeness (QED) is 0.899. The molecule has 0 unspecified atom stereocenters. The first-order valence-corrected chi connectivity index (χ1v) is 9.79. The second-order valence-electron chi connectivity index (χ2n) is 8.11. The van der Waals surface area contributed by atoms with Gasteiger partial charge in [0.25, 0.3) is 0 Å². The summed E-state index contributed by atoms with van der Waals surface area (Å²) in [6.45, 7) is 0.487. The van der Waals surface area contributed by atoms with Crippen LogP contribution in [0.5, 0.6) is 0 Å². The number of carbonyl (C=O) groups is 2. The topological polar surface area (TPSA) is 49.4 Å². The maximum atomic E-state index is 12.8. The number of hydrogen-bond acceptors (Lipinski definition) is 2. The summed E-state index contributed by atoms with van der Waals surface area (Å²) in [5.74, 6) is 1.25. The van der Waals surface area contributed by atoms with Gasteiger partial charge in [-0.15, -0.1) is 0 Å². The maximum absolute atomic E-state index is 12.8. The number of fused-ring (bicyclic) bond motifs is 1. The third-order valence-corrected chi connectivity index (χ3v) is 6.12. The van der Waals surface area contributed by atoms with Crippen molar-refractivity contribution in [2.24, 2.45) is 17.8 Å². The smallest absolute Gasteiger partial charge is 0.227 e. The molecular weight excluding hydrogens is 324 g/mol. The SMILES string of the molecule is O=C(NC(C1CC1)C1CC1)[C@@H]1CC(=O)N(c2cccc3ccccc23)C1. The van der Waals surface area contributed by atoms with Crippen LogP contribution in [0.4, 0.5) is 5.69 Å². The van der Waals surface area contributed by atoms with Gasteiger partial charge in [-0.25, -0.2) is 0 Å². The average Bonchev–Trinajstić information content (AvgIpc) is 3.57. The molecular formula is C22H24N2O2. The lowest BCUT2D eigenvalue weighted by atomic mass is 10.0. The van der Waals surface area contributed by atoms with E-state index in [1.54, 1.807) is 4.90 Å². The van der Waals surface area contributed by atoms with Gasteiger partial charge in [0, 0.05) is 24.4 Å². The van der Waals surface area contributed by atoms with Crippen molar-refractivity contribution in [2.45, 2.75) is 38.1 Å². The number of nitrogens with one attached hydrogen (secondary N) is 1. The van der Waals surface area contributed by atoms with Crippen molar-refractivity contribution >= 4 is 28.3 Å². The monoisotopic (exact) mass is 348 g/mol. The lowest BCUT2D eigenvalue weighted by Crippen LogP contribution is -2.42. The summed E-state index contributed by atoms with van der Waals surface area (Å²) < 4.78 is 0. The van der Waals surface area contributed by atoms with E-state index in [1.165, 1.54) is 25.7 Å². The molecule has 3 fully saturated rings. The van der Waals surface area contributed by atoms with Gasteiger partial charge in [0.15, 0.2) is 0 Å². The van der Waals surface area contributed by atoms with Crippen LogP contribution < -0.4 is 10.2 Å². The maximum Gasteiger partial charge on any atom is 0.227 e. The zero-order chi connectivity index (χ0) is 17.7. The van der Waals surface area contributed by atoms with Crippen LogP contribution in [0.25, 0.3) is 10.8 Å². The molecule has 2 saturated carbocycles. The van der Waals surface area contributed by atoms with Crippen molar-refractivity contribution in [1.29, 1.82) is 0 Å². The number of anilines is 1. The van der Waals surface area contributed by atoms with Crippen LogP contribution in [0.15, 0.2) is 42.5 Å². The number of hydrogen-bond donors (Lipinski definition) is 1. The van der Waals surface area contributed by atoms with Crippen LogP contribution in [-0.2, 0) is 9.59 Å². The van der Waals surface area contributed by atoms with Gasteiger partial charge in [-0.05, 0) is 49.0 Å². The molecule has 3 aliphatic rings. The van der Waals surface area contributed by atoms with Crippen molar-refractivity contribution in [3.63, 3.8) is 0 Å². The van der Waals surface area contributed by atoms with Gasteiger partial charge >= 0.3 is 0 Å². The van der Waals surface area contributed by atoms with E-state index in [-0.39, 0.29) is 17.7 Å². The highest BCUT2D eigenvalue weighted by Gasteiger charge is 2.44. The molecule has 2 aliphatic carbocycles. The summed E-state index contributed by atoms with van der Waals surface area (Å²) in [6.07, 6.45) is 5.29. The first kappa shape index (κ1) is 15.9. The van der Waals surface area contributed by atoms with Crippen LogP contribution in [0, 0.1) is 17.8 Å². The molecule has 1 N–H and O–H groups in total. The molecule has 0 aromatic heterocycles. The van der Waals surface area contributed by atoms with Crippen molar-refractivity contribution in [1.82, 2.24) is 5.32 Å². The minimum atomic E-state index is -0.235. The van der Waals surface area contributed by atoms with Crippen molar-refractivity contribution < 1.29 is 9.59 Å². The fourth-order valence-electron chi connectivity index (χ4n) is 4.37. The minimum absolute atomic E-state index is 0.0518. The number of nitrogens with zero attached hydrogens (tertiary/aromatic N) is 1. The Labute approximate surface area is 153 Å². The van der Waals surface area contributed by atoms with Gasteiger partial charge in [0.2, 0.25) is 11.8 Å². The molecule has 1 aliphatic heterocycles. The van der Waals surface area contributed by atoms with Gasteiger partial charge in [-0.2, -0.15) is 0 Å². The average molecular weight is 348 g/mol. The Morgan fingerprint density at radius 2 is 1.69 bits per heavy atom. The van der Waals surface area contributed by atoms with E-state index >= 15 is 0 Å². The van der Waals surface area contributed by atoms with E-state index in [2.05, 4.69) is 17.4 Å². The molecule has 1 atom stereocenters. The molecule has 26 heavy (non-hydrogen) atoms. The number of amides is 2. The lowest BCUT2D eigenvalue weighted by Gasteiger charge is -2.21. The largest absolute Gasteiger partial charge is 0.353 e. The highest BCUT2D eigenvalue weighted by atomic mass is 16.2. The van der Waals surface area contributed by atoms with Crippen LogP contribution in [0.2, 0.25) is 0 Å².